The van der Waals surface area contributed by atoms with Gasteiger partial charge in [-0.3, -0.25) is 9.59 Å². The Labute approximate surface area is 273 Å². The summed E-state index contributed by atoms with van der Waals surface area (Å²) in [6.07, 6.45) is -11.1. The molecule has 9 N–H and O–H groups in total. The molecule has 0 bridgehead atoms. The summed E-state index contributed by atoms with van der Waals surface area (Å²) in [5, 5.41) is 84.1. The number of aliphatic carboxylic acids is 1. The van der Waals surface area contributed by atoms with Crippen molar-refractivity contribution in [2.24, 2.45) is 0 Å². The molecule has 0 aromatic heterocycles. The standard InChI is InChI=1S/C30H53NO16/c1-15-26(46-28-24(40)21(37)16(33)14-43-28)23(39)25(41)29(44-15)47-27-22(38)20(17(13-32)45-30(27)42-2)31-18(34)11-9-7-5-3-4-6-8-10-12-19(35)36/h15-17,20-30,32-33,37-41H,3-14H2,1-2H3,(H,31,34)(H,35,36)/t15?,16-,17?,20+,21?,22?,23?,24?,25?,26+,27?,28+,29+,30-/m1/s1. The highest BCUT2D eigenvalue weighted by Crippen LogP contribution is 2.32. The van der Waals surface area contributed by atoms with Gasteiger partial charge in [-0.05, 0) is 19.8 Å². The van der Waals surface area contributed by atoms with Crippen molar-refractivity contribution >= 4 is 11.9 Å². The van der Waals surface area contributed by atoms with Crippen LogP contribution in [-0.2, 0) is 38.0 Å². The minimum Gasteiger partial charge on any atom is -0.481 e. The first-order valence-corrected chi connectivity index (χ1v) is 16.4. The lowest BCUT2D eigenvalue weighted by atomic mass is 9.95. The number of nitrogens with one attached hydrogen (secondary N) is 1. The Balaban J connectivity index is 1.51. The van der Waals surface area contributed by atoms with Gasteiger partial charge in [-0.25, -0.2) is 0 Å². The lowest BCUT2D eigenvalue weighted by molar-refractivity contribution is -0.370. The second kappa shape index (κ2) is 19.6. The Morgan fingerprint density at radius 1 is 0.723 bits per heavy atom. The third-order valence-electron chi connectivity index (χ3n) is 8.78. The zero-order valence-electron chi connectivity index (χ0n) is 26.9. The van der Waals surface area contributed by atoms with Gasteiger partial charge in [0.1, 0.15) is 54.9 Å². The summed E-state index contributed by atoms with van der Waals surface area (Å²) in [4.78, 5) is 23.3. The molecule has 0 aromatic carbocycles. The van der Waals surface area contributed by atoms with Crippen LogP contribution in [0.1, 0.15) is 71.1 Å². The minimum atomic E-state index is -1.74. The monoisotopic (exact) mass is 683 g/mol. The van der Waals surface area contributed by atoms with E-state index in [0.29, 0.717) is 12.8 Å². The Kier molecular flexibility index (Phi) is 16.6. The van der Waals surface area contributed by atoms with Gasteiger partial charge in [0.05, 0.1) is 25.4 Å². The number of ether oxygens (including phenoxy) is 6. The van der Waals surface area contributed by atoms with Crippen LogP contribution in [0, 0.1) is 0 Å². The average Bonchev–Trinajstić information content (AvgIpc) is 3.04. The zero-order valence-corrected chi connectivity index (χ0v) is 26.9. The van der Waals surface area contributed by atoms with Crippen LogP contribution < -0.4 is 5.32 Å². The van der Waals surface area contributed by atoms with E-state index >= 15 is 0 Å². The highest BCUT2D eigenvalue weighted by atomic mass is 16.8. The summed E-state index contributed by atoms with van der Waals surface area (Å²) in [7, 11) is 1.28. The van der Waals surface area contributed by atoms with E-state index in [9.17, 15) is 45.3 Å². The molecule has 8 unspecified atom stereocenters. The maximum atomic E-state index is 12.8. The number of amides is 1. The van der Waals surface area contributed by atoms with Crippen LogP contribution in [-0.4, -0.2) is 159 Å². The number of hydrogen-bond acceptors (Lipinski definition) is 15. The maximum Gasteiger partial charge on any atom is 0.303 e. The molecule has 0 aliphatic carbocycles. The predicted octanol–water partition coefficient (Wildman–Crippen LogP) is -2.14. The van der Waals surface area contributed by atoms with Gasteiger partial charge in [0, 0.05) is 20.0 Å². The lowest BCUT2D eigenvalue weighted by Crippen LogP contribution is -2.67. The molecule has 1 amide bonds. The molecule has 3 aliphatic heterocycles. The number of unbranched alkanes of at least 4 members (excludes halogenated alkanes) is 7. The van der Waals surface area contributed by atoms with E-state index in [0.717, 1.165) is 38.5 Å². The van der Waals surface area contributed by atoms with Crippen LogP contribution in [0.25, 0.3) is 0 Å². The van der Waals surface area contributed by atoms with Gasteiger partial charge in [0.15, 0.2) is 18.9 Å². The SMILES string of the molecule is CO[C@@H]1OC(CO)[C@H](NC(=O)CCCCCCCCCCC(=O)O)C(O)C1O[C@@H]1OC(C)[C@H](O[C@@H]2OC[C@@H](O)C(O)C2O)C(O)C1O. The van der Waals surface area contributed by atoms with Gasteiger partial charge in [0.25, 0.3) is 0 Å². The summed E-state index contributed by atoms with van der Waals surface area (Å²) in [6.45, 7) is 0.600. The van der Waals surface area contributed by atoms with Gasteiger partial charge in [-0.2, -0.15) is 0 Å². The number of carbonyl (C=O) groups excluding carboxylic acids is 1. The smallest absolute Gasteiger partial charge is 0.303 e. The molecule has 3 aliphatic rings. The minimum absolute atomic E-state index is 0.171. The summed E-state index contributed by atoms with van der Waals surface area (Å²) in [5.74, 6) is -1.16. The normalized spacial score (nSPS) is 39.4. The molecular formula is C30H53NO16. The van der Waals surface area contributed by atoms with E-state index < -0.39 is 98.5 Å². The number of carboxylic acids is 1. The van der Waals surface area contributed by atoms with Crippen molar-refractivity contribution < 1.29 is 78.9 Å². The van der Waals surface area contributed by atoms with Crippen LogP contribution in [0.15, 0.2) is 0 Å². The number of rotatable bonds is 18. The molecule has 274 valence electrons. The Hall–Kier alpha value is -1.58. The zero-order chi connectivity index (χ0) is 34.7. The molecule has 3 saturated heterocycles. The summed E-state index contributed by atoms with van der Waals surface area (Å²) < 4.78 is 33.5. The number of aliphatic hydroxyl groups is 7. The van der Waals surface area contributed by atoms with Crippen molar-refractivity contribution in [2.45, 2.75) is 157 Å². The fourth-order valence-corrected chi connectivity index (χ4v) is 5.98. The van der Waals surface area contributed by atoms with Crippen LogP contribution in [0.4, 0.5) is 0 Å². The number of methoxy groups -OCH3 is 1. The lowest BCUT2D eigenvalue weighted by Gasteiger charge is -2.48. The molecule has 0 spiro atoms. The number of aliphatic hydroxyl groups excluding tert-OH is 7. The Morgan fingerprint density at radius 3 is 1.89 bits per heavy atom. The molecule has 3 rings (SSSR count). The highest BCUT2D eigenvalue weighted by molar-refractivity contribution is 5.76. The summed E-state index contributed by atoms with van der Waals surface area (Å²) in [6, 6.07) is -1.11. The van der Waals surface area contributed by atoms with Gasteiger partial charge < -0.3 is 74.6 Å². The maximum absolute atomic E-state index is 12.8. The van der Waals surface area contributed by atoms with Crippen LogP contribution in [0.5, 0.6) is 0 Å². The van der Waals surface area contributed by atoms with Crippen molar-refractivity contribution in [3.63, 3.8) is 0 Å². The molecule has 0 saturated carbocycles. The largest absolute Gasteiger partial charge is 0.481 e. The van der Waals surface area contributed by atoms with E-state index in [4.69, 9.17) is 33.5 Å². The second-order valence-electron chi connectivity index (χ2n) is 12.4. The van der Waals surface area contributed by atoms with E-state index in [1.54, 1.807) is 0 Å². The fraction of sp³-hybridized carbons (Fsp3) is 0.933. The quantitative estimate of drug-likeness (QED) is 0.0698. The Bertz CT molecular complexity index is 946. The van der Waals surface area contributed by atoms with E-state index in [1.807, 2.05) is 0 Å². The second-order valence-corrected chi connectivity index (χ2v) is 12.4. The number of carboxylic acid groups (broad SMARTS) is 1. The van der Waals surface area contributed by atoms with Crippen molar-refractivity contribution in [1.82, 2.24) is 5.32 Å². The molecular weight excluding hydrogens is 630 g/mol. The average molecular weight is 684 g/mol. The molecule has 0 aromatic rings. The summed E-state index contributed by atoms with van der Waals surface area (Å²) >= 11 is 0. The van der Waals surface area contributed by atoms with Gasteiger partial charge >= 0.3 is 5.97 Å². The first-order chi connectivity index (χ1) is 22.4. The highest BCUT2D eigenvalue weighted by Gasteiger charge is 2.52. The van der Waals surface area contributed by atoms with Crippen molar-refractivity contribution in [1.29, 1.82) is 0 Å². The summed E-state index contributed by atoms with van der Waals surface area (Å²) in [5.41, 5.74) is 0. The third-order valence-corrected chi connectivity index (χ3v) is 8.78. The van der Waals surface area contributed by atoms with Gasteiger partial charge in [-0.1, -0.05) is 38.5 Å². The topological polar surface area (TPSA) is 263 Å². The van der Waals surface area contributed by atoms with Gasteiger partial charge in [-0.15, -0.1) is 0 Å². The molecule has 17 nitrogen and oxygen atoms in total. The molecule has 17 heteroatoms. The van der Waals surface area contributed by atoms with E-state index in [2.05, 4.69) is 5.32 Å². The molecule has 47 heavy (non-hydrogen) atoms. The third kappa shape index (κ3) is 11.2. The van der Waals surface area contributed by atoms with Crippen molar-refractivity contribution in [3.8, 4) is 0 Å². The molecule has 14 atom stereocenters. The predicted molar refractivity (Wildman–Crippen MR) is 158 cm³/mol. The van der Waals surface area contributed by atoms with E-state index in [-0.39, 0.29) is 25.4 Å². The van der Waals surface area contributed by atoms with Crippen LogP contribution in [0.2, 0.25) is 0 Å². The fourth-order valence-electron chi connectivity index (χ4n) is 5.98. The van der Waals surface area contributed by atoms with Gasteiger partial charge in [0.2, 0.25) is 5.91 Å². The number of hydrogen-bond donors (Lipinski definition) is 9. The van der Waals surface area contributed by atoms with Crippen molar-refractivity contribution in [2.75, 3.05) is 20.3 Å². The number of carbonyl (C=O) groups is 2. The van der Waals surface area contributed by atoms with Crippen LogP contribution >= 0.6 is 0 Å². The molecule has 3 heterocycles. The first-order valence-electron chi connectivity index (χ1n) is 16.4. The van der Waals surface area contributed by atoms with E-state index in [1.165, 1.54) is 14.0 Å². The van der Waals surface area contributed by atoms with Crippen LogP contribution in [0.3, 0.4) is 0 Å². The van der Waals surface area contributed by atoms with Crippen molar-refractivity contribution in [3.05, 3.63) is 0 Å². The Morgan fingerprint density at radius 2 is 1.30 bits per heavy atom. The molecule has 0 radical (unpaired) electrons. The first kappa shape index (κ1) is 39.9. The molecule has 3 fully saturated rings.